The highest BCUT2D eigenvalue weighted by molar-refractivity contribution is 6.52. The highest BCUT2D eigenvalue weighted by Gasteiger charge is 2.56. The number of halogens is 2. The quantitative estimate of drug-likeness (QED) is 0.647. The monoisotopic (exact) mass is 304 g/mol. The number of alkyl halides is 2. The second-order valence-electron chi connectivity index (χ2n) is 4.20. The van der Waals surface area contributed by atoms with E-state index in [-0.39, 0.29) is 11.8 Å². The number of amides is 1. The molecule has 104 valence electrons. The predicted molar refractivity (Wildman–Crippen MR) is 72.8 cm³/mol. The zero-order chi connectivity index (χ0) is 13.9. The molecule has 1 N–H and O–H groups in total. The molecule has 1 aromatic rings. The van der Waals surface area contributed by atoms with Crippen molar-refractivity contribution < 1.29 is 14.3 Å². The Balaban J connectivity index is 1.97. The van der Waals surface area contributed by atoms with Crippen molar-refractivity contribution in [3.05, 3.63) is 18.3 Å². The second kappa shape index (κ2) is 5.94. The molecule has 0 unspecified atom stereocenters. The van der Waals surface area contributed by atoms with Gasteiger partial charge in [0.1, 0.15) is 16.6 Å². The average Bonchev–Trinajstić information content (AvgIpc) is 3.01. The van der Waals surface area contributed by atoms with Crippen molar-refractivity contribution in [2.24, 2.45) is 5.92 Å². The molecule has 0 radical (unpaired) electrons. The number of ether oxygens (including phenoxy) is 2. The molecule has 1 aliphatic carbocycles. The Labute approximate surface area is 121 Å². The number of methoxy groups -OCH3 is 1. The van der Waals surface area contributed by atoms with Crippen LogP contribution in [0.4, 0.5) is 5.69 Å². The lowest BCUT2D eigenvalue weighted by Gasteiger charge is -2.11. The van der Waals surface area contributed by atoms with Crippen LogP contribution in [0.1, 0.15) is 6.42 Å². The van der Waals surface area contributed by atoms with E-state index in [2.05, 4.69) is 10.3 Å². The number of anilines is 1. The molecule has 0 bridgehead atoms. The van der Waals surface area contributed by atoms with Crippen LogP contribution in [0, 0.1) is 5.92 Å². The minimum atomic E-state index is -0.941. The Morgan fingerprint density at radius 3 is 2.95 bits per heavy atom. The second-order valence-corrected chi connectivity index (χ2v) is 5.75. The molecule has 0 spiro atoms. The molecular weight excluding hydrogens is 291 g/mol. The average molecular weight is 305 g/mol. The maximum atomic E-state index is 11.9. The van der Waals surface area contributed by atoms with Crippen molar-refractivity contribution in [1.29, 1.82) is 0 Å². The Morgan fingerprint density at radius 1 is 1.58 bits per heavy atom. The first kappa shape index (κ1) is 14.4. The molecular formula is C12H14Cl2N2O3. The zero-order valence-corrected chi connectivity index (χ0v) is 11.9. The van der Waals surface area contributed by atoms with Crippen molar-refractivity contribution in [3.8, 4) is 5.88 Å². The molecule has 2 rings (SSSR count). The van der Waals surface area contributed by atoms with Gasteiger partial charge in [0.25, 0.3) is 0 Å². The number of pyridine rings is 1. The molecule has 19 heavy (non-hydrogen) atoms. The third kappa shape index (κ3) is 3.72. The minimum absolute atomic E-state index is 0.227. The van der Waals surface area contributed by atoms with Crippen LogP contribution < -0.4 is 10.1 Å². The van der Waals surface area contributed by atoms with Gasteiger partial charge in [0, 0.05) is 13.3 Å². The van der Waals surface area contributed by atoms with E-state index in [9.17, 15) is 4.79 Å². The highest BCUT2D eigenvalue weighted by Crippen LogP contribution is 2.53. The van der Waals surface area contributed by atoms with Gasteiger partial charge in [-0.3, -0.25) is 4.79 Å². The molecule has 5 nitrogen and oxygen atoms in total. The van der Waals surface area contributed by atoms with Gasteiger partial charge in [-0.25, -0.2) is 4.98 Å². The van der Waals surface area contributed by atoms with E-state index in [4.69, 9.17) is 32.7 Å². The SMILES string of the molecule is COCCOc1ncccc1NC(=O)[C@H]1CC1(Cl)Cl. The van der Waals surface area contributed by atoms with Crippen LogP contribution in [-0.2, 0) is 9.53 Å². The van der Waals surface area contributed by atoms with Gasteiger partial charge < -0.3 is 14.8 Å². The largest absolute Gasteiger partial charge is 0.474 e. The Morgan fingerprint density at radius 2 is 2.32 bits per heavy atom. The fourth-order valence-corrected chi connectivity index (χ4v) is 2.05. The normalized spacial score (nSPS) is 19.8. The van der Waals surface area contributed by atoms with Crippen LogP contribution in [0.25, 0.3) is 0 Å². The molecule has 1 saturated carbocycles. The van der Waals surface area contributed by atoms with Crippen LogP contribution >= 0.6 is 23.2 Å². The molecule has 0 aliphatic heterocycles. The van der Waals surface area contributed by atoms with Crippen molar-refractivity contribution in [2.75, 3.05) is 25.6 Å². The fraction of sp³-hybridized carbons (Fsp3) is 0.500. The summed E-state index contributed by atoms with van der Waals surface area (Å²) < 4.78 is 9.36. The van der Waals surface area contributed by atoms with Gasteiger partial charge >= 0.3 is 0 Å². The summed E-state index contributed by atoms with van der Waals surface area (Å²) >= 11 is 11.7. The van der Waals surface area contributed by atoms with Crippen molar-refractivity contribution in [1.82, 2.24) is 4.98 Å². The summed E-state index contributed by atoms with van der Waals surface area (Å²) in [7, 11) is 1.58. The number of carbonyl (C=O) groups is 1. The summed E-state index contributed by atoms with van der Waals surface area (Å²) in [6.45, 7) is 0.799. The van der Waals surface area contributed by atoms with Gasteiger partial charge in [-0.1, -0.05) is 0 Å². The standard InChI is InChI=1S/C12H14Cl2N2O3/c1-18-5-6-19-11-9(3-2-4-15-11)16-10(17)8-7-12(8,13)14/h2-4,8H,5-7H2,1H3,(H,16,17)/t8-/m1/s1. The fourth-order valence-electron chi connectivity index (χ4n) is 1.54. The molecule has 1 aliphatic rings. The predicted octanol–water partition coefficient (Wildman–Crippen LogP) is 2.24. The Bertz CT molecular complexity index is 468. The van der Waals surface area contributed by atoms with Crippen LogP contribution in [0.5, 0.6) is 5.88 Å². The van der Waals surface area contributed by atoms with E-state index in [0.717, 1.165) is 0 Å². The first-order valence-corrected chi connectivity index (χ1v) is 6.55. The van der Waals surface area contributed by atoms with E-state index in [1.54, 1.807) is 25.4 Å². The molecule has 1 aromatic heterocycles. The summed E-state index contributed by atoms with van der Waals surface area (Å²) in [4.78, 5) is 15.9. The lowest BCUT2D eigenvalue weighted by molar-refractivity contribution is -0.117. The van der Waals surface area contributed by atoms with Gasteiger partial charge in [-0.2, -0.15) is 0 Å². The maximum Gasteiger partial charge on any atom is 0.237 e. The summed E-state index contributed by atoms with van der Waals surface area (Å²) in [5, 5.41) is 2.72. The molecule has 0 aromatic carbocycles. The molecule has 1 atom stereocenters. The summed E-state index contributed by atoms with van der Waals surface area (Å²) in [6, 6.07) is 3.42. The highest BCUT2D eigenvalue weighted by atomic mass is 35.5. The van der Waals surface area contributed by atoms with E-state index in [1.807, 2.05) is 0 Å². The third-order valence-corrected chi connectivity index (χ3v) is 3.53. The molecule has 1 heterocycles. The lowest BCUT2D eigenvalue weighted by Crippen LogP contribution is -2.18. The van der Waals surface area contributed by atoms with Crippen LogP contribution in [0.15, 0.2) is 18.3 Å². The van der Waals surface area contributed by atoms with E-state index in [0.29, 0.717) is 31.2 Å². The van der Waals surface area contributed by atoms with Crippen LogP contribution in [0.2, 0.25) is 0 Å². The lowest BCUT2D eigenvalue weighted by atomic mass is 10.3. The molecule has 1 amide bonds. The molecule has 7 heteroatoms. The van der Waals surface area contributed by atoms with Gasteiger partial charge in [0.2, 0.25) is 11.8 Å². The molecule has 0 saturated heterocycles. The third-order valence-electron chi connectivity index (χ3n) is 2.70. The maximum absolute atomic E-state index is 11.9. The van der Waals surface area contributed by atoms with Gasteiger partial charge in [0.05, 0.1) is 12.5 Å². The van der Waals surface area contributed by atoms with Crippen molar-refractivity contribution >= 4 is 34.8 Å². The van der Waals surface area contributed by atoms with E-state index < -0.39 is 4.33 Å². The van der Waals surface area contributed by atoms with Gasteiger partial charge in [0.15, 0.2) is 0 Å². The number of rotatable bonds is 6. The smallest absolute Gasteiger partial charge is 0.237 e. The van der Waals surface area contributed by atoms with Gasteiger partial charge in [-0.15, -0.1) is 23.2 Å². The first-order valence-electron chi connectivity index (χ1n) is 5.80. The van der Waals surface area contributed by atoms with E-state index in [1.165, 1.54) is 0 Å². The number of nitrogens with one attached hydrogen (secondary N) is 1. The number of hydrogen-bond acceptors (Lipinski definition) is 4. The summed E-state index contributed by atoms with van der Waals surface area (Å²) in [6.07, 6.45) is 2.05. The Kier molecular flexibility index (Phi) is 4.50. The van der Waals surface area contributed by atoms with Crippen molar-refractivity contribution in [2.45, 2.75) is 10.8 Å². The number of hydrogen-bond donors (Lipinski definition) is 1. The van der Waals surface area contributed by atoms with E-state index >= 15 is 0 Å². The summed E-state index contributed by atoms with van der Waals surface area (Å²) in [5.74, 6) is -0.263. The summed E-state index contributed by atoms with van der Waals surface area (Å²) in [5.41, 5.74) is 0.500. The Hall–Kier alpha value is -1.04. The first-order chi connectivity index (χ1) is 9.04. The molecule has 1 fully saturated rings. The van der Waals surface area contributed by atoms with Gasteiger partial charge in [-0.05, 0) is 18.6 Å². The number of aromatic nitrogens is 1. The van der Waals surface area contributed by atoms with Crippen LogP contribution in [-0.4, -0.2) is 35.5 Å². The minimum Gasteiger partial charge on any atom is -0.474 e. The van der Waals surface area contributed by atoms with Crippen LogP contribution in [0.3, 0.4) is 0 Å². The zero-order valence-electron chi connectivity index (χ0n) is 10.4. The topological polar surface area (TPSA) is 60.5 Å². The number of nitrogens with zero attached hydrogens (tertiary/aromatic N) is 1. The van der Waals surface area contributed by atoms with Crippen molar-refractivity contribution in [3.63, 3.8) is 0 Å². The number of carbonyl (C=O) groups excluding carboxylic acids is 1.